The van der Waals surface area contributed by atoms with Crippen LogP contribution in [-0.2, 0) is 11.4 Å². The van der Waals surface area contributed by atoms with E-state index in [0.717, 1.165) is 5.56 Å². The van der Waals surface area contributed by atoms with E-state index >= 15 is 0 Å². The highest BCUT2D eigenvalue weighted by atomic mass is 16.5. The minimum absolute atomic E-state index is 0.00682. The quantitative estimate of drug-likeness (QED) is 0.858. The molecule has 5 heteroatoms. The van der Waals surface area contributed by atoms with Crippen LogP contribution in [0.1, 0.15) is 29.3 Å². The van der Waals surface area contributed by atoms with Gasteiger partial charge in [-0.3, -0.25) is 4.79 Å². The number of benzene rings is 2. The fourth-order valence-corrected chi connectivity index (χ4v) is 1.88. The number of carboxylic acid groups (broad SMARTS) is 1. The van der Waals surface area contributed by atoms with Crippen molar-refractivity contribution < 1.29 is 19.4 Å². The Labute approximate surface area is 128 Å². The summed E-state index contributed by atoms with van der Waals surface area (Å²) in [4.78, 5) is 22.7. The summed E-state index contributed by atoms with van der Waals surface area (Å²) in [6.07, 6.45) is 0.283. The molecule has 0 unspecified atom stereocenters. The largest absolute Gasteiger partial charge is 0.489 e. The number of nitrogens with one attached hydrogen (secondary N) is 1. The average molecular weight is 299 g/mol. The Kier molecular flexibility index (Phi) is 5.14. The van der Waals surface area contributed by atoms with Gasteiger partial charge in [-0.25, -0.2) is 4.79 Å². The molecule has 0 spiro atoms. The van der Waals surface area contributed by atoms with Crippen molar-refractivity contribution in [1.82, 2.24) is 0 Å². The molecule has 2 rings (SSSR count). The van der Waals surface area contributed by atoms with E-state index < -0.39 is 5.97 Å². The number of aromatic carboxylic acids is 1. The molecule has 0 fully saturated rings. The van der Waals surface area contributed by atoms with Gasteiger partial charge in [0, 0.05) is 6.42 Å². The van der Waals surface area contributed by atoms with Crippen molar-refractivity contribution in [2.75, 3.05) is 5.32 Å². The van der Waals surface area contributed by atoms with E-state index in [2.05, 4.69) is 5.32 Å². The summed E-state index contributed by atoms with van der Waals surface area (Å²) in [6.45, 7) is 2.05. The molecule has 114 valence electrons. The molecule has 0 aliphatic carbocycles. The van der Waals surface area contributed by atoms with Gasteiger partial charge in [0.15, 0.2) is 0 Å². The Morgan fingerprint density at radius 2 is 1.86 bits per heavy atom. The van der Waals surface area contributed by atoms with Crippen LogP contribution >= 0.6 is 0 Å². The van der Waals surface area contributed by atoms with Crippen LogP contribution < -0.4 is 10.1 Å². The SMILES string of the molecule is CCC(=O)Nc1ccc(OCc2ccccc2)cc1C(=O)O. The van der Waals surface area contributed by atoms with E-state index in [1.54, 1.807) is 13.0 Å². The van der Waals surface area contributed by atoms with Gasteiger partial charge in [0.05, 0.1) is 11.3 Å². The Morgan fingerprint density at radius 3 is 2.50 bits per heavy atom. The van der Waals surface area contributed by atoms with Gasteiger partial charge in [0.25, 0.3) is 0 Å². The van der Waals surface area contributed by atoms with E-state index in [1.165, 1.54) is 12.1 Å². The number of carboxylic acids is 1. The molecule has 2 N–H and O–H groups in total. The lowest BCUT2D eigenvalue weighted by Crippen LogP contribution is -2.13. The summed E-state index contributed by atoms with van der Waals surface area (Å²) < 4.78 is 5.59. The van der Waals surface area contributed by atoms with Gasteiger partial charge < -0.3 is 15.2 Å². The number of rotatable bonds is 6. The van der Waals surface area contributed by atoms with E-state index in [9.17, 15) is 14.7 Å². The Balaban J connectivity index is 2.15. The lowest BCUT2D eigenvalue weighted by molar-refractivity contribution is -0.115. The Hall–Kier alpha value is -2.82. The lowest BCUT2D eigenvalue weighted by Gasteiger charge is -2.11. The summed E-state index contributed by atoms with van der Waals surface area (Å²) in [7, 11) is 0. The summed E-state index contributed by atoms with van der Waals surface area (Å²) in [6, 6.07) is 14.2. The molecular weight excluding hydrogens is 282 g/mol. The molecule has 0 aromatic heterocycles. The minimum atomic E-state index is -1.11. The number of carbonyl (C=O) groups is 2. The van der Waals surface area contributed by atoms with Crippen LogP contribution in [0.5, 0.6) is 5.75 Å². The van der Waals surface area contributed by atoms with Crippen LogP contribution in [0, 0.1) is 0 Å². The second-order valence-electron chi connectivity index (χ2n) is 4.69. The van der Waals surface area contributed by atoms with Crippen LogP contribution in [0.25, 0.3) is 0 Å². The molecule has 0 heterocycles. The van der Waals surface area contributed by atoms with Gasteiger partial charge in [-0.15, -0.1) is 0 Å². The number of carbonyl (C=O) groups excluding carboxylic acids is 1. The van der Waals surface area contributed by atoms with Crippen LogP contribution in [-0.4, -0.2) is 17.0 Å². The first-order chi connectivity index (χ1) is 10.6. The highest BCUT2D eigenvalue weighted by Crippen LogP contribution is 2.23. The van der Waals surface area contributed by atoms with Crippen molar-refractivity contribution in [1.29, 1.82) is 0 Å². The molecule has 0 aliphatic heterocycles. The number of anilines is 1. The predicted molar refractivity (Wildman–Crippen MR) is 83.1 cm³/mol. The molecule has 0 atom stereocenters. The normalized spacial score (nSPS) is 10.0. The van der Waals surface area contributed by atoms with Gasteiger partial charge in [0.1, 0.15) is 12.4 Å². The monoisotopic (exact) mass is 299 g/mol. The number of ether oxygens (including phenoxy) is 1. The fraction of sp³-hybridized carbons (Fsp3) is 0.176. The highest BCUT2D eigenvalue weighted by Gasteiger charge is 2.13. The van der Waals surface area contributed by atoms with Gasteiger partial charge in [0.2, 0.25) is 5.91 Å². The van der Waals surface area contributed by atoms with Crippen LogP contribution in [0.4, 0.5) is 5.69 Å². The molecule has 2 aromatic carbocycles. The maximum Gasteiger partial charge on any atom is 0.337 e. The van der Waals surface area contributed by atoms with E-state index in [4.69, 9.17) is 4.74 Å². The minimum Gasteiger partial charge on any atom is -0.489 e. The maximum atomic E-state index is 11.4. The van der Waals surface area contributed by atoms with Crippen molar-refractivity contribution in [2.24, 2.45) is 0 Å². The zero-order valence-electron chi connectivity index (χ0n) is 12.2. The topological polar surface area (TPSA) is 75.6 Å². The second-order valence-corrected chi connectivity index (χ2v) is 4.69. The molecule has 0 saturated carbocycles. The fourth-order valence-electron chi connectivity index (χ4n) is 1.88. The van der Waals surface area contributed by atoms with Crippen molar-refractivity contribution in [3.8, 4) is 5.75 Å². The second kappa shape index (κ2) is 7.26. The van der Waals surface area contributed by atoms with Gasteiger partial charge >= 0.3 is 5.97 Å². The van der Waals surface area contributed by atoms with E-state index in [-0.39, 0.29) is 23.6 Å². The van der Waals surface area contributed by atoms with Crippen molar-refractivity contribution in [3.05, 3.63) is 59.7 Å². The first kappa shape index (κ1) is 15.6. The Morgan fingerprint density at radius 1 is 1.14 bits per heavy atom. The standard InChI is InChI=1S/C17H17NO4/c1-2-16(19)18-15-9-8-13(10-14(15)17(20)21)22-11-12-6-4-3-5-7-12/h3-10H,2,11H2,1H3,(H,18,19)(H,20,21). The maximum absolute atomic E-state index is 11.4. The number of hydrogen-bond acceptors (Lipinski definition) is 3. The van der Waals surface area contributed by atoms with Gasteiger partial charge in [-0.1, -0.05) is 37.3 Å². The highest BCUT2D eigenvalue weighted by molar-refractivity contribution is 6.00. The molecule has 0 aliphatic rings. The molecule has 0 radical (unpaired) electrons. The molecule has 5 nitrogen and oxygen atoms in total. The third-order valence-corrected chi connectivity index (χ3v) is 3.06. The summed E-state index contributed by atoms with van der Waals surface area (Å²) in [5.41, 5.74) is 1.27. The molecule has 0 bridgehead atoms. The third kappa shape index (κ3) is 4.09. The molecule has 22 heavy (non-hydrogen) atoms. The number of amides is 1. The molecular formula is C17H17NO4. The molecule has 2 aromatic rings. The van der Waals surface area contributed by atoms with Crippen LogP contribution in [0.2, 0.25) is 0 Å². The summed E-state index contributed by atoms with van der Waals surface area (Å²) in [5.74, 6) is -0.909. The molecule has 1 amide bonds. The Bertz CT molecular complexity index is 668. The van der Waals surface area contributed by atoms with E-state index in [1.807, 2.05) is 30.3 Å². The summed E-state index contributed by atoms with van der Waals surface area (Å²) >= 11 is 0. The zero-order chi connectivity index (χ0) is 15.9. The third-order valence-electron chi connectivity index (χ3n) is 3.06. The summed E-state index contributed by atoms with van der Waals surface area (Å²) in [5, 5.41) is 11.8. The van der Waals surface area contributed by atoms with Crippen LogP contribution in [0.3, 0.4) is 0 Å². The smallest absolute Gasteiger partial charge is 0.337 e. The number of hydrogen-bond donors (Lipinski definition) is 2. The zero-order valence-corrected chi connectivity index (χ0v) is 12.2. The lowest BCUT2D eigenvalue weighted by atomic mass is 10.1. The average Bonchev–Trinajstić information content (AvgIpc) is 2.54. The van der Waals surface area contributed by atoms with Gasteiger partial charge in [-0.2, -0.15) is 0 Å². The first-order valence-corrected chi connectivity index (χ1v) is 6.94. The molecule has 0 saturated heterocycles. The van der Waals surface area contributed by atoms with Crippen LogP contribution in [0.15, 0.2) is 48.5 Å². The van der Waals surface area contributed by atoms with Gasteiger partial charge in [-0.05, 0) is 23.8 Å². The van der Waals surface area contributed by atoms with Crippen molar-refractivity contribution in [2.45, 2.75) is 20.0 Å². The van der Waals surface area contributed by atoms with E-state index in [0.29, 0.717) is 12.4 Å². The van der Waals surface area contributed by atoms with Crippen molar-refractivity contribution in [3.63, 3.8) is 0 Å². The predicted octanol–water partition coefficient (Wildman–Crippen LogP) is 3.31. The first-order valence-electron chi connectivity index (χ1n) is 6.94. The van der Waals surface area contributed by atoms with Crippen molar-refractivity contribution >= 4 is 17.6 Å².